The van der Waals surface area contributed by atoms with Crippen molar-refractivity contribution in [2.45, 2.75) is 45.7 Å². The van der Waals surface area contributed by atoms with E-state index in [0.29, 0.717) is 12.4 Å². The third kappa shape index (κ3) is 3.95. The lowest BCUT2D eigenvalue weighted by Crippen LogP contribution is -2.35. The minimum Gasteiger partial charge on any atom is -0.345 e. The van der Waals surface area contributed by atoms with Crippen LogP contribution < -0.4 is 5.56 Å². The highest BCUT2D eigenvalue weighted by Gasteiger charge is 2.22. The largest absolute Gasteiger partial charge is 0.345 e. The summed E-state index contributed by atoms with van der Waals surface area (Å²) in [7, 11) is 0. The van der Waals surface area contributed by atoms with Crippen molar-refractivity contribution in [3.8, 4) is 11.4 Å². The molecule has 0 saturated carbocycles. The zero-order valence-electron chi connectivity index (χ0n) is 15.4. The first-order valence-corrected chi connectivity index (χ1v) is 9.35. The molecular weight excluding hydrogens is 342 g/mol. The van der Waals surface area contributed by atoms with E-state index in [1.54, 1.807) is 12.4 Å². The van der Waals surface area contributed by atoms with Gasteiger partial charge in [-0.2, -0.15) is 0 Å². The predicted octanol–water partition coefficient (Wildman–Crippen LogP) is 1.85. The highest BCUT2D eigenvalue weighted by molar-refractivity contribution is 5.52. The van der Waals surface area contributed by atoms with Gasteiger partial charge < -0.3 is 9.97 Å². The van der Waals surface area contributed by atoms with Crippen molar-refractivity contribution >= 4 is 0 Å². The van der Waals surface area contributed by atoms with Gasteiger partial charge in [-0.15, -0.1) is 0 Å². The van der Waals surface area contributed by atoms with Crippen LogP contribution in [0.2, 0.25) is 0 Å². The van der Waals surface area contributed by atoms with Gasteiger partial charge in [0.2, 0.25) is 0 Å². The smallest absolute Gasteiger partial charge is 0.255 e. The van der Waals surface area contributed by atoms with Gasteiger partial charge in [0.25, 0.3) is 5.56 Å². The van der Waals surface area contributed by atoms with Crippen molar-refractivity contribution in [2.75, 3.05) is 6.54 Å². The van der Waals surface area contributed by atoms with Crippen LogP contribution in [-0.4, -0.2) is 41.3 Å². The van der Waals surface area contributed by atoms with E-state index in [2.05, 4.69) is 41.7 Å². The Kier molecular flexibility index (Phi) is 5.06. The second-order valence-electron chi connectivity index (χ2n) is 6.89. The molecule has 3 aromatic heterocycles. The zero-order valence-corrected chi connectivity index (χ0v) is 15.4. The van der Waals surface area contributed by atoms with Crippen molar-refractivity contribution in [1.29, 1.82) is 0 Å². The van der Waals surface area contributed by atoms with Crippen LogP contribution in [0.15, 0.2) is 29.7 Å². The first kappa shape index (κ1) is 17.5. The third-order valence-electron chi connectivity index (χ3n) is 4.82. The van der Waals surface area contributed by atoms with Crippen LogP contribution in [0.4, 0.5) is 0 Å². The molecular formula is C19H23N7O. The second kappa shape index (κ2) is 7.79. The van der Waals surface area contributed by atoms with Crippen molar-refractivity contribution in [2.24, 2.45) is 0 Å². The third-order valence-corrected chi connectivity index (χ3v) is 4.82. The monoisotopic (exact) mass is 365 g/mol. The molecule has 0 radical (unpaired) electrons. The van der Waals surface area contributed by atoms with Gasteiger partial charge in [0.05, 0.1) is 16.8 Å². The highest BCUT2D eigenvalue weighted by Crippen LogP contribution is 2.19. The van der Waals surface area contributed by atoms with E-state index in [9.17, 15) is 4.79 Å². The molecule has 4 heterocycles. The van der Waals surface area contributed by atoms with E-state index in [1.165, 1.54) is 6.33 Å². The molecule has 2 N–H and O–H groups in total. The van der Waals surface area contributed by atoms with Crippen molar-refractivity contribution in [1.82, 2.24) is 34.8 Å². The Morgan fingerprint density at radius 3 is 2.85 bits per heavy atom. The van der Waals surface area contributed by atoms with Crippen LogP contribution >= 0.6 is 0 Å². The van der Waals surface area contributed by atoms with Crippen LogP contribution in [0.25, 0.3) is 11.4 Å². The van der Waals surface area contributed by atoms with E-state index in [4.69, 9.17) is 0 Å². The Morgan fingerprint density at radius 2 is 2.04 bits per heavy atom. The first-order valence-electron chi connectivity index (χ1n) is 9.35. The summed E-state index contributed by atoms with van der Waals surface area (Å²) < 4.78 is 0. The molecule has 0 bridgehead atoms. The van der Waals surface area contributed by atoms with E-state index >= 15 is 0 Å². The molecule has 0 aliphatic carbocycles. The Balaban J connectivity index is 1.48. The van der Waals surface area contributed by atoms with Crippen LogP contribution in [0.3, 0.4) is 0 Å². The molecule has 0 spiro atoms. The number of aryl methyl sites for hydroxylation is 1. The van der Waals surface area contributed by atoms with Gasteiger partial charge >= 0.3 is 0 Å². The quantitative estimate of drug-likeness (QED) is 0.691. The molecule has 0 unspecified atom stereocenters. The van der Waals surface area contributed by atoms with Gasteiger partial charge in [0, 0.05) is 56.8 Å². The number of aromatic amines is 2. The fourth-order valence-corrected chi connectivity index (χ4v) is 3.37. The summed E-state index contributed by atoms with van der Waals surface area (Å²) in [6, 6.07) is 0. The fourth-order valence-electron chi connectivity index (χ4n) is 3.37. The van der Waals surface area contributed by atoms with Gasteiger partial charge in [0.15, 0.2) is 0 Å². The predicted molar refractivity (Wildman–Crippen MR) is 101 cm³/mol. The maximum atomic E-state index is 12.6. The van der Waals surface area contributed by atoms with Crippen LogP contribution in [0, 0.1) is 0 Å². The molecule has 27 heavy (non-hydrogen) atoms. The molecule has 0 fully saturated rings. The Hall–Kier alpha value is -2.87. The molecule has 140 valence electrons. The zero-order chi connectivity index (χ0) is 18.6. The van der Waals surface area contributed by atoms with Crippen molar-refractivity contribution in [3.63, 3.8) is 0 Å². The Morgan fingerprint density at radius 1 is 1.19 bits per heavy atom. The fraction of sp³-hybridized carbons (Fsp3) is 0.421. The molecule has 8 nitrogen and oxygen atoms in total. The second-order valence-corrected chi connectivity index (χ2v) is 6.89. The minimum atomic E-state index is -0.0863. The lowest BCUT2D eigenvalue weighted by atomic mass is 10.1. The van der Waals surface area contributed by atoms with Crippen LogP contribution in [0.1, 0.15) is 42.5 Å². The Bertz CT molecular complexity index is 964. The van der Waals surface area contributed by atoms with Gasteiger partial charge in [0.1, 0.15) is 18.0 Å². The lowest BCUT2D eigenvalue weighted by molar-refractivity contribution is 0.239. The van der Waals surface area contributed by atoms with Crippen LogP contribution in [-0.2, 0) is 25.9 Å². The molecule has 1 aliphatic heterocycles. The summed E-state index contributed by atoms with van der Waals surface area (Å²) in [4.78, 5) is 38.2. The number of imidazole rings is 1. The number of aromatic nitrogens is 6. The summed E-state index contributed by atoms with van der Waals surface area (Å²) in [5, 5.41) is 0. The van der Waals surface area contributed by atoms with Crippen LogP contribution in [0.5, 0.6) is 0 Å². The van der Waals surface area contributed by atoms with Crippen molar-refractivity contribution in [3.05, 3.63) is 58.0 Å². The molecule has 3 aromatic rings. The van der Waals surface area contributed by atoms with E-state index in [-0.39, 0.29) is 5.56 Å². The summed E-state index contributed by atoms with van der Waals surface area (Å²) in [5.74, 6) is 1.57. The van der Waals surface area contributed by atoms with Gasteiger partial charge in [-0.05, 0) is 6.42 Å². The molecule has 0 atom stereocenters. The average Bonchev–Trinajstić information content (AvgIpc) is 3.14. The number of hydrogen-bond acceptors (Lipinski definition) is 6. The molecule has 0 aromatic carbocycles. The standard InChI is InChI=1S/C19H23N7O/c1-2-3-4-17-22-9-14(23-17)10-26-6-5-16-15(11-26)19(27)25-18(24-16)13-7-20-12-21-8-13/h7-9,12H,2-6,10-11H2,1H3,(H,22,23)(H,24,25,27). The number of nitrogens with zero attached hydrogens (tertiary/aromatic N) is 5. The molecule has 1 aliphatic rings. The number of H-pyrrole nitrogens is 2. The normalized spacial score (nSPS) is 14.3. The lowest BCUT2D eigenvalue weighted by Gasteiger charge is -2.27. The minimum absolute atomic E-state index is 0.0863. The summed E-state index contributed by atoms with van der Waals surface area (Å²) in [6.45, 7) is 4.38. The van der Waals surface area contributed by atoms with E-state index in [0.717, 1.165) is 67.1 Å². The summed E-state index contributed by atoms with van der Waals surface area (Å²) in [5.41, 5.74) is 3.33. The highest BCUT2D eigenvalue weighted by atomic mass is 16.1. The number of hydrogen-bond donors (Lipinski definition) is 2. The molecule has 0 saturated heterocycles. The van der Waals surface area contributed by atoms with Gasteiger partial charge in [-0.3, -0.25) is 9.69 Å². The average molecular weight is 365 g/mol. The van der Waals surface area contributed by atoms with E-state index in [1.807, 2.05) is 6.20 Å². The van der Waals surface area contributed by atoms with Crippen molar-refractivity contribution < 1.29 is 0 Å². The molecule has 8 heteroatoms. The number of rotatable bonds is 6. The van der Waals surface area contributed by atoms with E-state index < -0.39 is 0 Å². The summed E-state index contributed by atoms with van der Waals surface area (Å²) in [6.07, 6.45) is 10.7. The maximum absolute atomic E-state index is 12.6. The number of unbranched alkanes of at least 4 members (excludes halogenated alkanes) is 1. The van der Waals surface area contributed by atoms with Gasteiger partial charge in [-0.1, -0.05) is 13.3 Å². The molecule has 4 rings (SSSR count). The number of nitrogens with one attached hydrogen (secondary N) is 2. The topological polar surface area (TPSA) is 103 Å². The summed E-state index contributed by atoms with van der Waals surface area (Å²) >= 11 is 0. The first-order chi connectivity index (χ1) is 13.2. The molecule has 0 amide bonds. The van der Waals surface area contributed by atoms with Gasteiger partial charge in [-0.25, -0.2) is 19.9 Å². The SMILES string of the molecule is CCCCc1ncc(CN2CCc3nc(-c4cncnc4)[nH]c(=O)c3C2)[nH]1. The Labute approximate surface area is 157 Å². The maximum Gasteiger partial charge on any atom is 0.255 e. The number of fused-ring (bicyclic) bond motifs is 1.